The maximum absolute atomic E-state index is 3.44. The van der Waals surface area contributed by atoms with Gasteiger partial charge in [-0.15, -0.1) is 0 Å². The summed E-state index contributed by atoms with van der Waals surface area (Å²) in [6.07, 6.45) is 2.49. The molecule has 0 aliphatic heterocycles. The van der Waals surface area contributed by atoms with Gasteiger partial charge in [-0.2, -0.15) is 0 Å². The molecule has 2 nitrogen and oxygen atoms in total. The maximum Gasteiger partial charge on any atom is 0.0110 e. The lowest BCUT2D eigenvalue weighted by molar-refractivity contribution is 0.222. The van der Waals surface area contributed by atoms with E-state index in [1.165, 1.54) is 25.9 Å². The quantitative estimate of drug-likeness (QED) is 0.584. The minimum absolute atomic E-state index is 0.684. The Labute approximate surface area is 83.7 Å². The zero-order chi connectivity index (χ0) is 10.1. The van der Waals surface area contributed by atoms with Gasteiger partial charge in [0.2, 0.25) is 0 Å². The zero-order valence-corrected chi connectivity index (χ0v) is 9.77. The molecule has 2 heteroatoms. The van der Waals surface area contributed by atoms with Crippen molar-refractivity contribution in [2.24, 2.45) is 0 Å². The fraction of sp³-hybridized carbons (Fsp3) is 1.00. The second-order valence-electron chi connectivity index (χ2n) is 3.88. The number of hydrogen-bond donors (Lipinski definition) is 1. The summed E-state index contributed by atoms with van der Waals surface area (Å²) < 4.78 is 0. The van der Waals surface area contributed by atoms with E-state index in [4.69, 9.17) is 0 Å². The Hall–Kier alpha value is -0.0800. The maximum atomic E-state index is 3.44. The lowest BCUT2D eigenvalue weighted by atomic mass is 10.3. The van der Waals surface area contributed by atoms with Crippen LogP contribution in [-0.4, -0.2) is 37.1 Å². The molecule has 0 spiro atoms. The van der Waals surface area contributed by atoms with Crippen molar-refractivity contribution in [2.45, 2.75) is 46.6 Å². The first kappa shape index (κ1) is 12.9. The summed E-state index contributed by atoms with van der Waals surface area (Å²) in [6.45, 7) is 13.7. The summed E-state index contributed by atoms with van der Waals surface area (Å²) in [7, 11) is 0. The predicted molar refractivity (Wildman–Crippen MR) is 60.2 cm³/mol. The summed E-state index contributed by atoms with van der Waals surface area (Å²) in [5.41, 5.74) is 0. The first-order valence-corrected chi connectivity index (χ1v) is 5.67. The molecule has 0 aliphatic rings. The third kappa shape index (κ3) is 7.03. The van der Waals surface area contributed by atoms with Gasteiger partial charge in [-0.25, -0.2) is 0 Å². The van der Waals surface area contributed by atoms with Gasteiger partial charge < -0.3 is 5.32 Å². The van der Waals surface area contributed by atoms with E-state index < -0.39 is 0 Å². The molecule has 0 aromatic rings. The second-order valence-corrected chi connectivity index (χ2v) is 3.88. The van der Waals surface area contributed by atoms with Gasteiger partial charge in [-0.3, -0.25) is 4.90 Å². The van der Waals surface area contributed by atoms with Gasteiger partial charge >= 0.3 is 0 Å². The van der Waals surface area contributed by atoms with E-state index in [-0.39, 0.29) is 0 Å². The van der Waals surface area contributed by atoms with Gasteiger partial charge in [-0.05, 0) is 39.8 Å². The van der Waals surface area contributed by atoms with E-state index in [9.17, 15) is 0 Å². The monoisotopic (exact) mass is 186 g/mol. The van der Waals surface area contributed by atoms with Crippen LogP contribution in [0.4, 0.5) is 0 Å². The molecule has 1 N–H and O–H groups in total. The van der Waals surface area contributed by atoms with Gasteiger partial charge in [0.05, 0.1) is 0 Å². The summed E-state index contributed by atoms with van der Waals surface area (Å²) in [5, 5.41) is 3.44. The Balaban J connectivity index is 3.45. The molecule has 0 rings (SSSR count). The van der Waals surface area contributed by atoms with Crippen molar-refractivity contribution < 1.29 is 0 Å². The molecule has 0 amide bonds. The molecule has 0 aromatic carbocycles. The Bertz CT molecular complexity index is 102. The molecule has 0 bridgehead atoms. The number of rotatable bonds is 8. The van der Waals surface area contributed by atoms with Crippen molar-refractivity contribution in [2.75, 3.05) is 26.2 Å². The van der Waals surface area contributed by atoms with Crippen LogP contribution in [0.3, 0.4) is 0 Å². The highest BCUT2D eigenvalue weighted by molar-refractivity contribution is 4.63. The first-order chi connectivity index (χ1) is 6.22. The van der Waals surface area contributed by atoms with Crippen LogP contribution >= 0.6 is 0 Å². The Morgan fingerprint density at radius 1 is 1.00 bits per heavy atom. The van der Waals surface area contributed by atoms with E-state index in [0.29, 0.717) is 6.04 Å². The van der Waals surface area contributed by atoms with Crippen LogP contribution in [0.5, 0.6) is 0 Å². The van der Waals surface area contributed by atoms with Crippen molar-refractivity contribution in [1.82, 2.24) is 10.2 Å². The summed E-state index contributed by atoms with van der Waals surface area (Å²) in [6, 6.07) is 0.684. The third-order valence-electron chi connectivity index (χ3n) is 2.24. The van der Waals surface area contributed by atoms with E-state index in [1.54, 1.807) is 0 Å². The molecule has 0 aromatic heterocycles. The fourth-order valence-corrected chi connectivity index (χ4v) is 1.44. The summed E-state index contributed by atoms with van der Waals surface area (Å²) in [5.74, 6) is 0. The van der Waals surface area contributed by atoms with Gasteiger partial charge in [0.1, 0.15) is 0 Å². The lowest BCUT2D eigenvalue weighted by Crippen LogP contribution is -2.37. The SMILES string of the molecule is CCCNCCN(CCC)C(C)C. The van der Waals surface area contributed by atoms with Crippen LogP contribution in [0, 0.1) is 0 Å². The highest BCUT2D eigenvalue weighted by Gasteiger charge is 2.06. The number of nitrogens with one attached hydrogen (secondary N) is 1. The smallest absolute Gasteiger partial charge is 0.0110 e. The molecule has 0 unspecified atom stereocenters. The van der Waals surface area contributed by atoms with Crippen LogP contribution in [0.2, 0.25) is 0 Å². The Kier molecular flexibility index (Phi) is 8.46. The Morgan fingerprint density at radius 3 is 2.15 bits per heavy atom. The van der Waals surface area contributed by atoms with Crippen LogP contribution in [0.25, 0.3) is 0 Å². The molecule has 0 atom stereocenters. The van der Waals surface area contributed by atoms with Gasteiger partial charge in [0, 0.05) is 19.1 Å². The topological polar surface area (TPSA) is 15.3 Å². The second kappa shape index (κ2) is 8.52. The normalized spacial score (nSPS) is 11.5. The van der Waals surface area contributed by atoms with E-state index >= 15 is 0 Å². The molecule has 0 saturated carbocycles. The minimum atomic E-state index is 0.684. The molecule has 0 fully saturated rings. The molecule has 0 aliphatic carbocycles. The minimum Gasteiger partial charge on any atom is -0.315 e. The summed E-state index contributed by atoms with van der Waals surface area (Å²) in [4.78, 5) is 2.53. The average Bonchev–Trinajstić information content (AvgIpc) is 2.10. The molecule has 80 valence electrons. The van der Waals surface area contributed by atoms with E-state index in [2.05, 4.69) is 37.9 Å². The highest BCUT2D eigenvalue weighted by atomic mass is 15.2. The van der Waals surface area contributed by atoms with Crippen LogP contribution < -0.4 is 5.32 Å². The highest BCUT2D eigenvalue weighted by Crippen LogP contribution is 1.97. The standard InChI is InChI=1S/C11H26N2/c1-5-7-12-8-10-13(9-6-2)11(3)4/h11-12H,5-10H2,1-4H3. The van der Waals surface area contributed by atoms with Crippen molar-refractivity contribution in [3.63, 3.8) is 0 Å². The third-order valence-corrected chi connectivity index (χ3v) is 2.24. The van der Waals surface area contributed by atoms with E-state index in [1.807, 2.05) is 0 Å². The van der Waals surface area contributed by atoms with Crippen LogP contribution in [0.1, 0.15) is 40.5 Å². The van der Waals surface area contributed by atoms with Crippen molar-refractivity contribution >= 4 is 0 Å². The average molecular weight is 186 g/mol. The number of nitrogens with zero attached hydrogens (tertiary/aromatic N) is 1. The largest absolute Gasteiger partial charge is 0.315 e. The Morgan fingerprint density at radius 2 is 1.69 bits per heavy atom. The van der Waals surface area contributed by atoms with Crippen molar-refractivity contribution in [3.05, 3.63) is 0 Å². The lowest BCUT2D eigenvalue weighted by Gasteiger charge is -2.25. The molecular formula is C11H26N2. The van der Waals surface area contributed by atoms with Gasteiger partial charge in [0.25, 0.3) is 0 Å². The van der Waals surface area contributed by atoms with Crippen LogP contribution in [-0.2, 0) is 0 Å². The number of hydrogen-bond acceptors (Lipinski definition) is 2. The molecule has 0 radical (unpaired) electrons. The van der Waals surface area contributed by atoms with E-state index in [0.717, 1.165) is 13.1 Å². The first-order valence-electron chi connectivity index (χ1n) is 5.67. The van der Waals surface area contributed by atoms with Crippen molar-refractivity contribution in [1.29, 1.82) is 0 Å². The molecule has 13 heavy (non-hydrogen) atoms. The fourth-order valence-electron chi connectivity index (χ4n) is 1.44. The molecule has 0 heterocycles. The molecule has 0 saturated heterocycles. The van der Waals surface area contributed by atoms with Crippen LogP contribution in [0.15, 0.2) is 0 Å². The predicted octanol–water partition coefficient (Wildman–Crippen LogP) is 2.11. The molecular weight excluding hydrogens is 160 g/mol. The zero-order valence-electron chi connectivity index (χ0n) is 9.77. The van der Waals surface area contributed by atoms with Gasteiger partial charge in [-0.1, -0.05) is 13.8 Å². The summed E-state index contributed by atoms with van der Waals surface area (Å²) >= 11 is 0. The van der Waals surface area contributed by atoms with Crippen molar-refractivity contribution in [3.8, 4) is 0 Å². The van der Waals surface area contributed by atoms with Gasteiger partial charge in [0.15, 0.2) is 0 Å².